The Labute approximate surface area is 80.9 Å². The van der Waals surface area contributed by atoms with Gasteiger partial charge in [-0.15, -0.1) is 16.9 Å². The summed E-state index contributed by atoms with van der Waals surface area (Å²) in [5.74, 6) is 1.06. The number of nitrogens with zero attached hydrogens (tertiary/aromatic N) is 3. The number of thioether (sulfide) groups is 1. The second-order valence-corrected chi connectivity index (χ2v) is 3.72. The molecule has 66 valence electrons. The van der Waals surface area contributed by atoms with Gasteiger partial charge in [0.1, 0.15) is 5.03 Å². The van der Waals surface area contributed by atoms with E-state index in [9.17, 15) is 0 Å². The molecule has 1 rings (SSSR count). The normalized spacial score (nSPS) is 10.2. The van der Waals surface area contributed by atoms with Crippen LogP contribution in [0.1, 0.15) is 19.8 Å². The predicted molar refractivity (Wildman–Crippen MR) is 50.5 cm³/mol. The third-order valence-electron chi connectivity index (χ3n) is 1.26. The van der Waals surface area contributed by atoms with Crippen molar-refractivity contribution in [3.63, 3.8) is 0 Å². The SMILES string of the molecule is CCCCSc1cnnc(Cl)n1. The van der Waals surface area contributed by atoms with Gasteiger partial charge in [0.2, 0.25) is 5.28 Å². The topological polar surface area (TPSA) is 38.7 Å². The van der Waals surface area contributed by atoms with E-state index in [0.29, 0.717) is 0 Å². The first-order chi connectivity index (χ1) is 5.83. The lowest BCUT2D eigenvalue weighted by Crippen LogP contribution is -1.89. The molecule has 0 aromatic carbocycles. The summed E-state index contributed by atoms with van der Waals surface area (Å²) >= 11 is 7.22. The third kappa shape index (κ3) is 3.36. The molecule has 3 nitrogen and oxygen atoms in total. The highest BCUT2D eigenvalue weighted by molar-refractivity contribution is 7.99. The zero-order chi connectivity index (χ0) is 8.81. The molecular weight excluding hydrogens is 194 g/mol. The van der Waals surface area contributed by atoms with E-state index in [1.165, 1.54) is 12.8 Å². The lowest BCUT2D eigenvalue weighted by Gasteiger charge is -1.97. The second-order valence-electron chi connectivity index (χ2n) is 2.27. The van der Waals surface area contributed by atoms with Crippen LogP contribution in [0.4, 0.5) is 0 Å². The Hall–Kier alpha value is -0.350. The summed E-state index contributed by atoms with van der Waals surface area (Å²) in [6.45, 7) is 2.16. The molecule has 0 saturated heterocycles. The predicted octanol–water partition coefficient (Wildman–Crippen LogP) is 2.42. The highest BCUT2D eigenvalue weighted by Crippen LogP contribution is 2.16. The standard InChI is InChI=1S/C7H10ClN3S/c1-2-3-4-12-6-5-9-11-7(8)10-6/h5H,2-4H2,1H3. The van der Waals surface area contributed by atoms with Crippen LogP contribution in [0.15, 0.2) is 11.2 Å². The highest BCUT2D eigenvalue weighted by Gasteiger charge is 1.97. The minimum Gasteiger partial charge on any atom is -0.208 e. The second kappa shape index (κ2) is 5.32. The van der Waals surface area contributed by atoms with Crippen LogP contribution in [0.2, 0.25) is 5.28 Å². The van der Waals surface area contributed by atoms with Gasteiger partial charge in [0.15, 0.2) is 0 Å². The summed E-state index contributed by atoms with van der Waals surface area (Å²) < 4.78 is 0. The molecule has 0 aliphatic carbocycles. The number of unbranched alkanes of at least 4 members (excludes halogenated alkanes) is 1. The van der Waals surface area contributed by atoms with Gasteiger partial charge in [-0.2, -0.15) is 5.10 Å². The van der Waals surface area contributed by atoms with Crippen molar-refractivity contribution in [2.24, 2.45) is 0 Å². The first kappa shape index (κ1) is 9.74. The number of aromatic nitrogens is 3. The Balaban J connectivity index is 2.41. The van der Waals surface area contributed by atoms with Crippen LogP contribution >= 0.6 is 23.4 Å². The monoisotopic (exact) mass is 203 g/mol. The van der Waals surface area contributed by atoms with Gasteiger partial charge < -0.3 is 0 Å². The quantitative estimate of drug-likeness (QED) is 0.557. The Kier molecular flexibility index (Phi) is 4.32. The van der Waals surface area contributed by atoms with Gasteiger partial charge in [-0.25, -0.2) is 4.98 Å². The third-order valence-corrected chi connectivity index (χ3v) is 2.40. The molecule has 0 radical (unpaired) electrons. The van der Waals surface area contributed by atoms with Crippen molar-refractivity contribution in [3.05, 3.63) is 11.5 Å². The number of hydrogen-bond donors (Lipinski definition) is 0. The fourth-order valence-corrected chi connectivity index (χ4v) is 1.76. The van der Waals surface area contributed by atoms with Crippen LogP contribution in [0.5, 0.6) is 0 Å². The molecule has 0 bridgehead atoms. The summed E-state index contributed by atoms with van der Waals surface area (Å²) in [6.07, 6.45) is 4.01. The van der Waals surface area contributed by atoms with Gasteiger partial charge in [-0.05, 0) is 23.8 Å². The van der Waals surface area contributed by atoms with Crippen molar-refractivity contribution in [3.8, 4) is 0 Å². The van der Waals surface area contributed by atoms with Gasteiger partial charge in [0.05, 0.1) is 6.20 Å². The molecule has 5 heteroatoms. The number of hydrogen-bond acceptors (Lipinski definition) is 4. The van der Waals surface area contributed by atoms with E-state index < -0.39 is 0 Å². The number of halogens is 1. The van der Waals surface area contributed by atoms with E-state index in [4.69, 9.17) is 11.6 Å². The summed E-state index contributed by atoms with van der Waals surface area (Å²) in [5, 5.41) is 8.33. The van der Waals surface area contributed by atoms with E-state index >= 15 is 0 Å². The van der Waals surface area contributed by atoms with Crippen molar-refractivity contribution in [2.45, 2.75) is 24.8 Å². The molecule has 12 heavy (non-hydrogen) atoms. The fourth-order valence-electron chi connectivity index (χ4n) is 0.659. The highest BCUT2D eigenvalue weighted by atomic mass is 35.5. The van der Waals surface area contributed by atoms with Crippen molar-refractivity contribution in [2.75, 3.05) is 5.75 Å². The van der Waals surface area contributed by atoms with Crippen LogP contribution in [0.25, 0.3) is 0 Å². The molecule has 0 N–H and O–H groups in total. The van der Waals surface area contributed by atoms with Gasteiger partial charge in [-0.3, -0.25) is 0 Å². The molecule has 0 aliphatic rings. The Morgan fingerprint density at radius 2 is 2.42 bits per heavy atom. The maximum Gasteiger partial charge on any atom is 0.244 e. The molecule has 0 atom stereocenters. The van der Waals surface area contributed by atoms with Crippen molar-refractivity contribution in [1.29, 1.82) is 0 Å². The van der Waals surface area contributed by atoms with E-state index in [-0.39, 0.29) is 5.28 Å². The van der Waals surface area contributed by atoms with Crippen LogP contribution in [0, 0.1) is 0 Å². The van der Waals surface area contributed by atoms with E-state index in [2.05, 4.69) is 22.1 Å². The lowest BCUT2D eigenvalue weighted by molar-refractivity contribution is 0.882. The maximum atomic E-state index is 5.56. The zero-order valence-electron chi connectivity index (χ0n) is 6.83. The summed E-state index contributed by atoms with van der Waals surface area (Å²) in [6, 6.07) is 0. The largest absolute Gasteiger partial charge is 0.244 e. The van der Waals surface area contributed by atoms with Gasteiger partial charge in [-0.1, -0.05) is 13.3 Å². The molecule has 0 amide bonds. The van der Waals surface area contributed by atoms with E-state index in [1.807, 2.05) is 0 Å². The van der Waals surface area contributed by atoms with Gasteiger partial charge in [0.25, 0.3) is 0 Å². The fraction of sp³-hybridized carbons (Fsp3) is 0.571. The Morgan fingerprint density at radius 3 is 3.08 bits per heavy atom. The molecule has 1 aromatic heterocycles. The molecule has 0 unspecified atom stereocenters. The zero-order valence-corrected chi connectivity index (χ0v) is 8.40. The van der Waals surface area contributed by atoms with E-state index in [0.717, 1.165) is 10.8 Å². The van der Waals surface area contributed by atoms with Crippen LogP contribution < -0.4 is 0 Å². The maximum absolute atomic E-state index is 5.56. The molecule has 0 fully saturated rings. The minimum atomic E-state index is 0.219. The van der Waals surface area contributed by atoms with Crippen LogP contribution in [-0.4, -0.2) is 20.9 Å². The van der Waals surface area contributed by atoms with E-state index in [1.54, 1.807) is 18.0 Å². The average molecular weight is 204 g/mol. The summed E-state index contributed by atoms with van der Waals surface area (Å²) in [7, 11) is 0. The number of rotatable bonds is 4. The molecule has 1 heterocycles. The Bertz CT molecular complexity index is 244. The molecule has 0 saturated carbocycles. The summed E-state index contributed by atoms with van der Waals surface area (Å²) in [5.41, 5.74) is 0. The smallest absolute Gasteiger partial charge is 0.208 e. The van der Waals surface area contributed by atoms with Gasteiger partial charge in [0, 0.05) is 0 Å². The molecular formula is C7H10ClN3S. The first-order valence-corrected chi connectivity index (χ1v) is 5.17. The van der Waals surface area contributed by atoms with Crippen LogP contribution in [-0.2, 0) is 0 Å². The first-order valence-electron chi connectivity index (χ1n) is 3.81. The summed E-state index contributed by atoms with van der Waals surface area (Å²) in [4.78, 5) is 4.00. The molecule has 0 spiro atoms. The van der Waals surface area contributed by atoms with Crippen molar-refractivity contribution < 1.29 is 0 Å². The van der Waals surface area contributed by atoms with Crippen molar-refractivity contribution >= 4 is 23.4 Å². The molecule has 1 aromatic rings. The Morgan fingerprint density at radius 1 is 1.58 bits per heavy atom. The molecule has 0 aliphatic heterocycles. The minimum absolute atomic E-state index is 0.219. The van der Waals surface area contributed by atoms with Crippen molar-refractivity contribution in [1.82, 2.24) is 15.2 Å². The lowest BCUT2D eigenvalue weighted by atomic mass is 10.4. The van der Waals surface area contributed by atoms with Crippen LogP contribution in [0.3, 0.4) is 0 Å². The average Bonchev–Trinajstić information content (AvgIpc) is 2.05. The van der Waals surface area contributed by atoms with Gasteiger partial charge >= 0.3 is 0 Å².